The minimum absolute atomic E-state index is 0.0167. The zero-order valence-electron chi connectivity index (χ0n) is 16.5. The molecule has 1 aliphatic heterocycles. The first-order valence-corrected chi connectivity index (χ1v) is 10.6. The molecule has 160 valence electrons. The smallest absolute Gasteiger partial charge is 0.231 e. The molecule has 0 saturated heterocycles. The number of carbonyl (C=O) groups excluding carboxylic acids is 1. The lowest BCUT2D eigenvalue weighted by Gasteiger charge is -2.10. The van der Waals surface area contributed by atoms with Gasteiger partial charge in [-0.25, -0.2) is 8.78 Å². The van der Waals surface area contributed by atoms with Crippen LogP contribution in [0.25, 0.3) is 17.1 Å². The normalized spacial score (nSPS) is 12.2. The number of nitrogens with zero attached hydrogens (tertiary/aromatic N) is 3. The quantitative estimate of drug-likeness (QED) is 0.306. The summed E-state index contributed by atoms with van der Waals surface area (Å²) in [6, 6.07) is 18.1. The average molecular weight is 451 g/mol. The SMILES string of the molecule is O=C(CSc1nnc(-c2ccc3c(c2)OCO3)n1-c1ccccc1)c1ccc(F)c(F)c1. The summed E-state index contributed by atoms with van der Waals surface area (Å²) >= 11 is 1.16. The lowest BCUT2D eigenvalue weighted by atomic mass is 10.1. The lowest BCUT2D eigenvalue weighted by Crippen LogP contribution is -2.06. The van der Waals surface area contributed by atoms with Crippen molar-refractivity contribution in [3.63, 3.8) is 0 Å². The monoisotopic (exact) mass is 451 g/mol. The predicted molar refractivity (Wildman–Crippen MR) is 114 cm³/mol. The van der Waals surface area contributed by atoms with E-state index in [9.17, 15) is 13.6 Å². The summed E-state index contributed by atoms with van der Waals surface area (Å²) in [5, 5.41) is 9.10. The number of fused-ring (bicyclic) bond motifs is 1. The Balaban J connectivity index is 1.47. The molecule has 0 aliphatic carbocycles. The van der Waals surface area contributed by atoms with Crippen LogP contribution in [-0.4, -0.2) is 33.1 Å². The van der Waals surface area contributed by atoms with Crippen molar-refractivity contribution in [1.29, 1.82) is 0 Å². The van der Waals surface area contributed by atoms with Gasteiger partial charge in [0.05, 0.1) is 5.75 Å². The summed E-state index contributed by atoms with van der Waals surface area (Å²) < 4.78 is 39.3. The number of halogens is 2. The maximum absolute atomic E-state index is 13.5. The standard InChI is InChI=1S/C23H15F2N3O3S/c24-17-8-6-14(10-18(17)25)19(29)12-32-23-27-26-22(28(23)16-4-2-1-3-5-16)15-7-9-20-21(11-15)31-13-30-20/h1-11H,12-13H2. The average Bonchev–Trinajstić information content (AvgIpc) is 3.46. The molecular weight excluding hydrogens is 436 g/mol. The maximum atomic E-state index is 13.5. The minimum atomic E-state index is -1.06. The second-order valence-corrected chi connectivity index (χ2v) is 7.83. The number of hydrogen-bond acceptors (Lipinski definition) is 6. The van der Waals surface area contributed by atoms with E-state index in [1.54, 1.807) is 6.07 Å². The van der Waals surface area contributed by atoms with Crippen LogP contribution in [0.1, 0.15) is 10.4 Å². The molecule has 0 spiro atoms. The van der Waals surface area contributed by atoms with Crippen LogP contribution in [-0.2, 0) is 0 Å². The zero-order chi connectivity index (χ0) is 22.1. The Bertz CT molecular complexity index is 1310. The molecule has 0 saturated carbocycles. The largest absolute Gasteiger partial charge is 0.454 e. The highest BCUT2D eigenvalue weighted by atomic mass is 32.2. The molecule has 0 radical (unpaired) electrons. The third kappa shape index (κ3) is 3.82. The Morgan fingerprint density at radius 3 is 2.56 bits per heavy atom. The van der Waals surface area contributed by atoms with Gasteiger partial charge in [0.1, 0.15) is 0 Å². The van der Waals surface area contributed by atoms with E-state index in [1.165, 1.54) is 6.07 Å². The molecule has 6 nitrogen and oxygen atoms in total. The number of aromatic nitrogens is 3. The van der Waals surface area contributed by atoms with E-state index in [2.05, 4.69) is 10.2 Å². The predicted octanol–water partition coefficient (Wildman–Crippen LogP) is 4.92. The van der Waals surface area contributed by atoms with Gasteiger partial charge >= 0.3 is 0 Å². The van der Waals surface area contributed by atoms with E-state index in [0.717, 1.165) is 35.1 Å². The first kappa shape index (κ1) is 20.2. The van der Waals surface area contributed by atoms with E-state index in [0.29, 0.717) is 22.5 Å². The van der Waals surface area contributed by atoms with Crippen molar-refractivity contribution in [3.8, 4) is 28.6 Å². The van der Waals surface area contributed by atoms with Crippen LogP contribution in [0.3, 0.4) is 0 Å². The van der Waals surface area contributed by atoms with Crippen LogP contribution < -0.4 is 9.47 Å². The van der Waals surface area contributed by atoms with Gasteiger partial charge in [0.2, 0.25) is 6.79 Å². The molecular formula is C23H15F2N3O3S. The van der Waals surface area contributed by atoms with Crippen LogP contribution in [0.5, 0.6) is 11.5 Å². The first-order valence-electron chi connectivity index (χ1n) is 9.62. The molecule has 4 aromatic rings. The van der Waals surface area contributed by atoms with E-state index in [4.69, 9.17) is 9.47 Å². The van der Waals surface area contributed by atoms with Crippen LogP contribution in [0.2, 0.25) is 0 Å². The molecule has 32 heavy (non-hydrogen) atoms. The summed E-state index contributed by atoms with van der Waals surface area (Å²) in [4.78, 5) is 12.5. The van der Waals surface area contributed by atoms with Crippen LogP contribution in [0.15, 0.2) is 71.9 Å². The fourth-order valence-electron chi connectivity index (χ4n) is 3.28. The Hall–Kier alpha value is -3.72. The van der Waals surface area contributed by atoms with Gasteiger partial charge in [-0.05, 0) is 48.5 Å². The van der Waals surface area contributed by atoms with Crippen LogP contribution >= 0.6 is 11.8 Å². The maximum Gasteiger partial charge on any atom is 0.231 e. The van der Waals surface area contributed by atoms with Gasteiger partial charge in [0.15, 0.2) is 39.9 Å². The molecule has 0 N–H and O–H groups in total. The Morgan fingerprint density at radius 2 is 1.75 bits per heavy atom. The first-order chi connectivity index (χ1) is 15.6. The highest BCUT2D eigenvalue weighted by Crippen LogP contribution is 2.37. The number of para-hydroxylation sites is 1. The van der Waals surface area contributed by atoms with Crippen molar-refractivity contribution in [2.45, 2.75) is 5.16 Å². The van der Waals surface area contributed by atoms with Gasteiger partial charge in [-0.1, -0.05) is 30.0 Å². The zero-order valence-corrected chi connectivity index (χ0v) is 17.3. The Kier molecular flexibility index (Phi) is 5.32. The molecule has 3 aromatic carbocycles. The van der Waals surface area contributed by atoms with Gasteiger partial charge in [-0.15, -0.1) is 10.2 Å². The summed E-state index contributed by atoms with van der Waals surface area (Å²) in [7, 11) is 0. The molecule has 1 aliphatic rings. The summed E-state index contributed by atoms with van der Waals surface area (Å²) in [5.41, 5.74) is 1.68. The topological polar surface area (TPSA) is 66.2 Å². The van der Waals surface area contributed by atoms with Gasteiger partial charge in [-0.2, -0.15) is 0 Å². The third-order valence-electron chi connectivity index (χ3n) is 4.85. The number of ether oxygens (including phenoxy) is 2. The van der Waals surface area contributed by atoms with Gasteiger partial charge in [0.25, 0.3) is 0 Å². The van der Waals surface area contributed by atoms with Crippen LogP contribution in [0.4, 0.5) is 8.78 Å². The highest BCUT2D eigenvalue weighted by molar-refractivity contribution is 7.99. The molecule has 2 heterocycles. The molecule has 9 heteroatoms. The summed E-state index contributed by atoms with van der Waals surface area (Å²) in [5.74, 6) is -0.570. The van der Waals surface area contributed by atoms with Gasteiger partial charge in [-0.3, -0.25) is 9.36 Å². The Labute approximate surface area is 185 Å². The van der Waals surface area contributed by atoms with Crippen molar-refractivity contribution < 1.29 is 23.0 Å². The molecule has 0 unspecified atom stereocenters. The molecule has 0 amide bonds. The summed E-state index contributed by atoms with van der Waals surface area (Å²) in [6.07, 6.45) is 0. The third-order valence-corrected chi connectivity index (χ3v) is 5.78. The number of benzene rings is 3. The fourth-order valence-corrected chi connectivity index (χ4v) is 4.13. The number of ketones is 1. The van der Waals surface area contributed by atoms with Crippen molar-refractivity contribution in [3.05, 3.63) is 83.9 Å². The van der Waals surface area contributed by atoms with Crippen molar-refractivity contribution in [1.82, 2.24) is 14.8 Å². The number of thioether (sulfide) groups is 1. The van der Waals surface area contributed by atoms with E-state index < -0.39 is 11.6 Å². The van der Waals surface area contributed by atoms with Crippen LogP contribution in [0, 0.1) is 11.6 Å². The molecule has 5 rings (SSSR count). The molecule has 1 aromatic heterocycles. The Morgan fingerprint density at radius 1 is 0.938 bits per heavy atom. The number of carbonyl (C=O) groups is 1. The second kappa shape index (κ2) is 8.43. The fraction of sp³-hybridized carbons (Fsp3) is 0.0870. The van der Waals surface area contributed by atoms with E-state index >= 15 is 0 Å². The molecule has 0 atom stereocenters. The molecule has 0 bridgehead atoms. The number of hydrogen-bond donors (Lipinski definition) is 0. The number of Topliss-reactive ketones (excluding diaryl/α,β-unsaturated/α-hetero) is 1. The lowest BCUT2D eigenvalue weighted by molar-refractivity contribution is 0.102. The van der Waals surface area contributed by atoms with E-state index in [-0.39, 0.29) is 23.9 Å². The second-order valence-electron chi connectivity index (χ2n) is 6.89. The number of rotatable bonds is 6. The van der Waals surface area contributed by atoms with Crippen molar-refractivity contribution >= 4 is 17.5 Å². The van der Waals surface area contributed by atoms with Crippen molar-refractivity contribution in [2.75, 3.05) is 12.5 Å². The summed E-state index contributed by atoms with van der Waals surface area (Å²) in [6.45, 7) is 0.164. The molecule has 0 fully saturated rings. The van der Waals surface area contributed by atoms with E-state index in [1.807, 2.05) is 47.0 Å². The minimum Gasteiger partial charge on any atom is -0.454 e. The van der Waals surface area contributed by atoms with Gasteiger partial charge in [0, 0.05) is 16.8 Å². The highest BCUT2D eigenvalue weighted by Gasteiger charge is 2.21. The van der Waals surface area contributed by atoms with Gasteiger partial charge < -0.3 is 9.47 Å². The van der Waals surface area contributed by atoms with Crippen molar-refractivity contribution in [2.24, 2.45) is 0 Å².